The normalized spacial score (nSPS) is 14.1. The molecule has 6 heteroatoms. The van der Waals surface area contributed by atoms with Crippen LogP contribution in [0, 0.1) is 17.7 Å². The molecule has 1 aliphatic rings. The molecule has 0 atom stereocenters. The molecule has 0 bridgehead atoms. The molecule has 2 N–H and O–H groups in total. The van der Waals surface area contributed by atoms with Gasteiger partial charge in [-0.3, -0.25) is 9.69 Å². The second-order valence-electron chi connectivity index (χ2n) is 3.91. The van der Waals surface area contributed by atoms with Crippen LogP contribution < -0.4 is 5.32 Å². The van der Waals surface area contributed by atoms with Crippen LogP contribution in [0.15, 0.2) is 18.2 Å². The predicted octanol–water partition coefficient (Wildman–Crippen LogP) is 0.221. The highest BCUT2D eigenvalue weighted by atomic mass is 19.1. The molecule has 98 valence electrons. The van der Waals surface area contributed by atoms with Crippen LogP contribution >= 0.6 is 0 Å². The fourth-order valence-electron chi connectivity index (χ4n) is 1.70. The Labute approximate surface area is 109 Å². The van der Waals surface area contributed by atoms with Crippen molar-refractivity contribution in [2.24, 2.45) is 0 Å². The van der Waals surface area contributed by atoms with Crippen molar-refractivity contribution in [3.8, 4) is 11.8 Å². The Hall–Kier alpha value is -2.39. The Morgan fingerprint density at radius 3 is 2.84 bits per heavy atom. The molecule has 1 aromatic carbocycles. The molecule has 0 saturated carbocycles. The van der Waals surface area contributed by atoms with Gasteiger partial charge in [-0.25, -0.2) is 9.18 Å². The van der Waals surface area contributed by atoms with Gasteiger partial charge in [-0.05, 0) is 17.7 Å². The Balaban J connectivity index is 2.21. The number of nitrogens with one attached hydrogen (secondary N) is 1. The fraction of sp³-hybridized carbons (Fsp3) is 0.231. The lowest BCUT2D eigenvalue weighted by Gasteiger charge is -2.12. The van der Waals surface area contributed by atoms with E-state index in [2.05, 4.69) is 17.2 Å². The predicted molar refractivity (Wildman–Crippen MR) is 64.3 cm³/mol. The van der Waals surface area contributed by atoms with Gasteiger partial charge < -0.3 is 10.4 Å². The highest BCUT2D eigenvalue weighted by Crippen LogP contribution is 2.13. The van der Waals surface area contributed by atoms with E-state index < -0.39 is 11.8 Å². The number of hydrogen-bond donors (Lipinski definition) is 2. The smallest absolute Gasteiger partial charge is 0.324 e. The van der Waals surface area contributed by atoms with Crippen LogP contribution in [-0.4, -0.2) is 35.1 Å². The molecular weight excluding hydrogens is 251 g/mol. The molecule has 0 spiro atoms. The number of carbonyl (C=O) groups is 2. The molecule has 0 radical (unpaired) electrons. The topological polar surface area (TPSA) is 69.6 Å². The van der Waals surface area contributed by atoms with Crippen molar-refractivity contribution < 1.29 is 19.1 Å². The van der Waals surface area contributed by atoms with Gasteiger partial charge in [0.2, 0.25) is 5.91 Å². The van der Waals surface area contributed by atoms with Gasteiger partial charge in [-0.2, -0.15) is 0 Å². The zero-order valence-corrected chi connectivity index (χ0v) is 9.94. The minimum atomic E-state index is -0.512. The maximum atomic E-state index is 13.4. The van der Waals surface area contributed by atoms with E-state index in [9.17, 15) is 14.0 Å². The summed E-state index contributed by atoms with van der Waals surface area (Å²) in [4.78, 5) is 23.8. The molecule has 0 unspecified atom stereocenters. The highest BCUT2D eigenvalue weighted by molar-refractivity contribution is 6.01. The van der Waals surface area contributed by atoms with E-state index in [0.717, 1.165) is 4.90 Å². The van der Waals surface area contributed by atoms with Gasteiger partial charge in [0.25, 0.3) is 0 Å². The number of urea groups is 1. The molecule has 0 aromatic heterocycles. The van der Waals surface area contributed by atoms with Crippen LogP contribution in [0.2, 0.25) is 0 Å². The first-order valence-corrected chi connectivity index (χ1v) is 5.58. The van der Waals surface area contributed by atoms with E-state index in [0.29, 0.717) is 5.56 Å². The van der Waals surface area contributed by atoms with Crippen LogP contribution in [0.3, 0.4) is 0 Å². The van der Waals surface area contributed by atoms with Crippen molar-refractivity contribution in [3.63, 3.8) is 0 Å². The third-order valence-corrected chi connectivity index (χ3v) is 2.61. The molecule has 0 aliphatic carbocycles. The molecule has 1 aromatic rings. The number of amides is 3. The maximum Gasteiger partial charge on any atom is 0.324 e. The number of nitrogens with zero attached hydrogens (tertiary/aromatic N) is 1. The molecule has 3 amide bonds. The molecular formula is C13H11FN2O3. The van der Waals surface area contributed by atoms with Gasteiger partial charge in [0.05, 0.1) is 18.7 Å². The minimum absolute atomic E-state index is 0.0167. The third kappa shape index (κ3) is 2.89. The van der Waals surface area contributed by atoms with E-state index >= 15 is 0 Å². The standard InChI is InChI=1S/C13H11FN2O3/c14-11-4-3-9(6-10(11)2-1-5-17)8-16-12(18)7-15-13(16)19/h3-4,6,17H,5,7-8H2,(H,15,19). The third-order valence-electron chi connectivity index (χ3n) is 2.61. The van der Waals surface area contributed by atoms with E-state index in [-0.39, 0.29) is 31.2 Å². The van der Waals surface area contributed by atoms with Crippen molar-refractivity contribution in [2.75, 3.05) is 13.2 Å². The van der Waals surface area contributed by atoms with E-state index in [1.165, 1.54) is 18.2 Å². The fourth-order valence-corrected chi connectivity index (χ4v) is 1.70. The number of aliphatic hydroxyl groups is 1. The van der Waals surface area contributed by atoms with Crippen LogP contribution in [-0.2, 0) is 11.3 Å². The molecule has 1 heterocycles. The monoisotopic (exact) mass is 262 g/mol. The summed E-state index contributed by atoms with van der Waals surface area (Å²) in [6, 6.07) is 3.70. The Morgan fingerprint density at radius 1 is 1.42 bits per heavy atom. The number of carbonyl (C=O) groups excluding carboxylic acids is 2. The van der Waals surface area contributed by atoms with Gasteiger partial charge in [0.15, 0.2) is 0 Å². The van der Waals surface area contributed by atoms with Crippen molar-refractivity contribution in [3.05, 3.63) is 35.1 Å². The summed E-state index contributed by atoms with van der Waals surface area (Å²) in [6.45, 7) is -0.313. The van der Waals surface area contributed by atoms with E-state index in [1.807, 2.05) is 0 Å². The summed E-state index contributed by atoms with van der Waals surface area (Å²) < 4.78 is 13.4. The van der Waals surface area contributed by atoms with Crippen LogP contribution in [0.1, 0.15) is 11.1 Å². The van der Waals surface area contributed by atoms with Gasteiger partial charge in [0, 0.05) is 0 Å². The lowest BCUT2D eigenvalue weighted by Crippen LogP contribution is -2.30. The number of hydrogen-bond acceptors (Lipinski definition) is 3. The summed E-state index contributed by atoms with van der Waals surface area (Å²) in [5.41, 5.74) is 0.715. The zero-order valence-electron chi connectivity index (χ0n) is 9.94. The average molecular weight is 262 g/mol. The molecule has 1 aliphatic heterocycles. The summed E-state index contributed by atoms with van der Waals surface area (Å²) in [6.07, 6.45) is 0. The zero-order chi connectivity index (χ0) is 13.8. The van der Waals surface area contributed by atoms with E-state index in [4.69, 9.17) is 5.11 Å². The molecule has 1 fully saturated rings. The molecule has 2 rings (SSSR count). The SMILES string of the molecule is O=C1CNC(=O)N1Cc1ccc(F)c(C#CCO)c1. The summed E-state index contributed by atoms with van der Waals surface area (Å²) >= 11 is 0. The van der Waals surface area contributed by atoms with Crippen molar-refractivity contribution in [2.45, 2.75) is 6.54 Å². The number of halogens is 1. The van der Waals surface area contributed by atoms with E-state index in [1.54, 1.807) is 0 Å². The number of benzene rings is 1. The van der Waals surface area contributed by atoms with Crippen molar-refractivity contribution >= 4 is 11.9 Å². The highest BCUT2D eigenvalue weighted by Gasteiger charge is 2.28. The lowest BCUT2D eigenvalue weighted by atomic mass is 10.1. The second-order valence-corrected chi connectivity index (χ2v) is 3.91. The summed E-state index contributed by atoms with van der Waals surface area (Å²) in [7, 11) is 0. The van der Waals surface area contributed by atoms with Gasteiger partial charge in [-0.1, -0.05) is 17.9 Å². The quantitative estimate of drug-likeness (QED) is 0.592. The number of aliphatic hydroxyl groups excluding tert-OH is 1. The van der Waals surface area contributed by atoms with Crippen molar-refractivity contribution in [1.82, 2.24) is 10.2 Å². The van der Waals surface area contributed by atoms with Gasteiger partial charge >= 0.3 is 6.03 Å². The van der Waals surface area contributed by atoms with Crippen LogP contribution in [0.4, 0.5) is 9.18 Å². The van der Waals surface area contributed by atoms with Gasteiger partial charge in [0.1, 0.15) is 12.4 Å². The Morgan fingerprint density at radius 2 is 2.21 bits per heavy atom. The summed E-state index contributed by atoms with van der Waals surface area (Å²) in [5.74, 6) is 3.99. The first kappa shape index (κ1) is 13.1. The maximum absolute atomic E-state index is 13.4. The first-order valence-electron chi connectivity index (χ1n) is 5.58. The second kappa shape index (κ2) is 5.50. The number of imide groups is 1. The van der Waals surface area contributed by atoms with Crippen LogP contribution in [0.5, 0.6) is 0 Å². The van der Waals surface area contributed by atoms with Crippen molar-refractivity contribution in [1.29, 1.82) is 0 Å². The largest absolute Gasteiger partial charge is 0.384 e. The summed E-state index contributed by atoms with van der Waals surface area (Å²) in [5, 5.41) is 11.0. The lowest BCUT2D eigenvalue weighted by molar-refractivity contribution is -0.125. The molecule has 5 nitrogen and oxygen atoms in total. The average Bonchev–Trinajstić information content (AvgIpc) is 2.71. The molecule has 1 saturated heterocycles. The van der Waals surface area contributed by atoms with Crippen LogP contribution in [0.25, 0.3) is 0 Å². The Bertz CT molecular complexity index is 573. The first-order chi connectivity index (χ1) is 9.11. The Kier molecular flexibility index (Phi) is 3.78. The number of rotatable bonds is 2. The minimum Gasteiger partial charge on any atom is -0.384 e. The van der Waals surface area contributed by atoms with Gasteiger partial charge in [-0.15, -0.1) is 0 Å². The molecule has 19 heavy (non-hydrogen) atoms.